The number of ether oxygens (including phenoxy) is 1. The van der Waals surface area contributed by atoms with Crippen molar-refractivity contribution in [3.8, 4) is 5.75 Å². The number of halogens is 2. The number of piperazine rings is 1. The van der Waals surface area contributed by atoms with E-state index in [4.69, 9.17) is 33.7 Å². The lowest BCUT2D eigenvalue weighted by molar-refractivity contribution is -0.136. The Hall–Kier alpha value is -3.30. The van der Waals surface area contributed by atoms with Gasteiger partial charge in [-0.15, -0.1) is 0 Å². The number of anilines is 1. The van der Waals surface area contributed by atoms with Crippen LogP contribution in [0.15, 0.2) is 66.7 Å². The van der Waals surface area contributed by atoms with E-state index >= 15 is 0 Å². The molecule has 1 atom stereocenters. The molecule has 0 aliphatic carbocycles. The average Bonchev–Trinajstić information content (AvgIpc) is 3.00. The Morgan fingerprint density at radius 2 is 1.67 bits per heavy atom. The van der Waals surface area contributed by atoms with Crippen molar-refractivity contribution in [1.82, 2.24) is 15.5 Å². The number of carbonyl (C=O) groups excluding carboxylic acids is 2. The Bertz CT molecular complexity index is 1350. The number of benzene rings is 3. The first-order valence-electron chi connectivity index (χ1n) is 14.3. The van der Waals surface area contributed by atoms with E-state index < -0.39 is 6.04 Å². The largest absolute Gasteiger partial charge is 0.496 e. The molecule has 0 aromatic heterocycles. The zero-order chi connectivity index (χ0) is 29.9. The molecule has 3 aromatic carbocycles. The Balaban J connectivity index is 1.36. The molecule has 0 radical (unpaired) electrons. The Morgan fingerprint density at radius 3 is 2.38 bits per heavy atom. The fraction of sp³-hybridized carbons (Fsp3) is 0.375. The molecule has 4 rings (SSSR count). The van der Waals surface area contributed by atoms with Crippen molar-refractivity contribution in [2.45, 2.75) is 31.8 Å². The van der Waals surface area contributed by atoms with E-state index in [2.05, 4.69) is 39.8 Å². The lowest BCUT2D eigenvalue weighted by atomic mass is 10.0. The van der Waals surface area contributed by atoms with E-state index in [-0.39, 0.29) is 31.2 Å². The molecule has 2 amide bonds. The third-order valence-electron chi connectivity index (χ3n) is 7.45. The summed E-state index contributed by atoms with van der Waals surface area (Å²) in [4.78, 5) is 30.2. The summed E-state index contributed by atoms with van der Waals surface area (Å²) >= 11 is 12.4. The van der Waals surface area contributed by atoms with Gasteiger partial charge in [0.2, 0.25) is 11.8 Å². The molecular weight excluding hydrogens is 573 g/mol. The van der Waals surface area contributed by atoms with Gasteiger partial charge in [-0.3, -0.25) is 9.59 Å². The molecule has 1 fully saturated rings. The maximum atomic E-state index is 13.6. The van der Waals surface area contributed by atoms with Gasteiger partial charge in [0.25, 0.3) is 0 Å². The molecule has 1 heterocycles. The number of methoxy groups -OCH3 is 1. The van der Waals surface area contributed by atoms with Crippen molar-refractivity contribution >= 4 is 40.7 Å². The number of hydrogen-bond acceptors (Lipinski definition) is 6. The van der Waals surface area contributed by atoms with Gasteiger partial charge in [0.1, 0.15) is 11.8 Å². The second-order valence-corrected chi connectivity index (χ2v) is 11.1. The van der Waals surface area contributed by atoms with Crippen molar-refractivity contribution < 1.29 is 14.3 Å². The summed E-state index contributed by atoms with van der Waals surface area (Å²) in [5.41, 5.74) is 9.87. The summed E-state index contributed by atoms with van der Waals surface area (Å²) < 4.78 is 5.47. The van der Waals surface area contributed by atoms with Crippen LogP contribution < -0.4 is 26.0 Å². The fourth-order valence-corrected chi connectivity index (χ4v) is 5.70. The van der Waals surface area contributed by atoms with Gasteiger partial charge in [0, 0.05) is 67.8 Å². The second kappa shape index (κ2) is 15.8. The Labute approximate surface area is 258 Å². The number of carbonyl (C=O) groups is 2. The van der Waals surface area contributed by atoms with Crippen LogP contribution in [0.3, 0.4) is 0 Å². The zero-order valence-electron chi connectivity index (χ0n) is 24.0. The molecule has 1 saturated heterocycles. The number of rotatable bonds is 13. The first-order chi connectivity index (χ1) is 20.4. The summed E-state index contributed by atoms with van der Waals surface area (Å²) in [7, 11) is 1.70. The summed E-state index contributed by atoms with van der Waals surface area (Å²) in [5, 5.41) is 7.42. The molecule has 42 heavy (non-hydrogen) atoms. The van der Waals surface area contributed by atoms with E-state index in [1.54, 1.807) is 25.3 Å². The van der Waals surface area contributed by atoms with Crippen LogP contribution in [0.5, 0.6) is 5.75 Å². The van der Waals surface area contributed by atoms with Crippen molar-refractivity contribution in [3.63, 3.8) is 0 Å². The van der Waals surface area contributed by atoms with Crippen molar-refractivity contribution in [1.29, 1.82) is 0 Å². The predicted molar refractivity (Wildman–Crippen MR) is 169 cm³/mol. The second-order valence-electron chi connectivity index (χ2n) is 10.3. The van der Waals surface area contributed by atoms with E-state index in [1.165, 1.54) is 11.1 Å². The third kappa shape index (κ3) is 8.61. The Morgan fingerprint density at radius 1 is 0.952 bits per heavy atom. The highest BCUT2D eigenvalue weighted by Gasteiger charge is 2.30. The number of hydrogen-bond donors (Lipinski definition) is 3. The highest BCUT2D eigenvalue weighted by atomic mass is 35.5. The smallest absolute Gasteiger partial charge is 0.245 e. The first-order valence-corrected chi connectivity index (χ1v) is 15.0. The molecule has 10 heteroatoms. The number of para-hydroxylation sites is 2. The van der Waals surface area contributed by atoms with Crippen LogP contribution in [-0.2, 0) is 29.0 Å². The van der Waals surface area contributed by atoms with E-state index in [9.17, 15) is 9.59 Å². The van der Waals surface area contributed by atoms with E-state index in [0.29, 0.717) is 36.2 Å². The Kier molecular flexibility index (Phi) is 11.9. The predicted octanol–water partition coefficient (Wildman–Crippen LogP) is 4.06. The van der Waals surface area contributed by atoms with Crippen molar-refractivity contribution in [2.75, 3.05) is 51.3 Å². The summed E-state index contributed by atoms with van der Waals surface area (Å²) in [6.45, 7) is 4.25. The lowest BCUT2D eigenvalue weighted by Gasteiger charge is -2.38. The van der Waals surface area contributed by atoms with Gasteiger partial charge in [-0.25, -0.2) is 0 Å². The lowest BCUT2D eigenvalue weighted by Crippen LogP contribution is -2.56. The number of nitrogens with two attached hydrogens (primary N) is 1. The quantitative estimate of drug-likeness (QED) is 0.252. The zero-order valence-corrected chi connectivity index (χ0v) is 25.5. The maximum Gasteiger partial charge on any atom is 0.245 e. The summed E-state index contributed by atoms with van der Waals surface area (Å²) in [6.07, 6.45) is 1.29. The van der Waals surface area contributed by atoms with E-state index in [1.807, 2.05) is 29.2 Å². The van der Waals surface area contributed by atoms with Gasteiger partial charge in [-0.2, -0.15) is 0 Å². The number of nitrogens with one attached hydrogen (secondary N) is 2. The minimum Gasteiger partial charge on any atom is -0.496 e. The molecule has 0 bridgehead atoms. The van der Waals surface area contributed by atoms with Crippen LogP contribution in [0.1, 0.15) is 23.1 Å². The van der Waals surface area contributed by atoms with Crippen molar-refractivity contribution in [3.05, 3.63) is 93.5 Å². The SMILES string of the molecule is COc1ccccc1CCNCc1ccccc1N1CCN(C(=O)[C@@H](Cc2ccc(Cl)cc2Cl)NC(=O)CCN)CC1. The van der Waals surface area contributed by atoms with Crippen LogP contribution in [0, 0.1) is 0 Å². The van der Waals surface area contributed by atoms with Gasteiger partial charge in [0.15, 0.2) is 0 Å². The van der Waals surface area contributed by atoms with E-state index in [0.717, 1.165) is 36.5 Å². The molecule has 1 aliphatic rings. The number of nitrogens with zero attached hydrogens (tertiary/aromatic N) is 2. The molecule has 4 N–H and O–H groups in total. The van der Waals surface area contributed by atoms with Gasteiger partial charge >= 0.3 is 0 Å². The van der Waals surface area contributed by atoms with Gasteiger partial charge in [-0.05, 0) is 53.9 Å². The summed E-state index contributed by atoms with van der Waals surface area (Å²) in [5.74, 6) is 0.522. The first kappa shape index (κ1) is 31.6. The van der Waals surface area contributed by atoms with Crippen LogP contribution in [0.4, 0.5) is 5.69 Å². The number of amides is 2. The maximum absolute atomic E-state index is 13.6. The topological polar surface area (TPSA) is 99.9 Å². The highest BCUT2D eigenvalue weighted by Crippen LogP contribution is 2.25. The normalized spacial score (nSPS) is 14.0. The fourth-order valence-electron chi connectivity index (χ4n) is 5.22. The van der Waals surface area contributed by atoms with Gasteiger partial charge in [0.05, 0.1) is 7.11 Å². The molecule has 3 aromatic rings. The van der Waals surface area contributed by atoms with Crippen LogP contribution in [-0.4, -0.2) is 69.1 Å². The van der Waals surface area contributed by atoms with Gasteiger partial charge in [-0.1, -0.05) is 65.7 Å². The van der Waals surface area contributed by atoms with Crippen molar-refractivity contribution in [2.24, 2.45) is 5.73 Å². The monoisotopic (exact) mass is 611 g/mol. The molecule has 0 spiro atoms. The molecule has 8 nitrogen and oxygen atoms in total. The van der Waals surface area contributed by atoms with Crippen LogP contribution in [0.25, 0.3) is 0 Å². The van der Waals surface area contributed by atoms with Crippen LogP contribution in [0.2, 0.25) is 10.0 Å². The average molecular weight is 613 g/mol. The minimum atomic E-state index is -0.742. The molecular formula is C32H39Cl2N5O3. The molecule has 224 valence electrons. The molecule has 0 saturated carbocycles. The third-order valence-corrected chi connectivity index (χ3v) is 8.03. The standard InChI is InChI=1S/C32H39Cl2N5O3/c1-42-30-9-5-3-6-23(30)13-15-36-22-25-7-2-4-8-29(25)38-16-18-39(19-17-38)32(41)28(37-31(40)12-14-35)20-24-10-11-26(33)21-27(24)34/h2-11,21,28,36H,12-20,22,35H2,1H3,(H,37,40)/t28-/m1/s1. The summed E-state index contributed by atoms with van der Waals surface area (Å²) in [6, 6.07) is 20.9. The highest BCUT2D eigenvalue weighted by molar-refractivity contribution is 6.35. The molecule has 1 aliphatic heterocycles. The molecule has 0 unspecified atom stereocenters. The minimum absolute atomic E-state index is 0.127. The van der Waals surface area contributed by atoms with Crippen LogP contribution >= 0.6 is 23.2 Å². The van der Waals surface area contributed by atoms with Gasteiger partial charge < -0.3 is 30.9 Å².